The molecule has 0 aromatic rings. The van der Waals surface area contributed by atoms with E-state index in [0.29, 0.717) is 12.6 Å². The second kappa shape index (κ2) is 4.97. The van der Waals surface area contributed by atoms with Gasteiger partial charge in [-0.05, 0) is 43.9 Å². The predicted molar refractivity (Wildman–Crippen MR) is 69.4 cm³/mol. The zero-order valence-corrected chi connectivity index (χ0v) is 11.2. The van der Waals surface area contributed by atoms with Crippen LogP contribution in [0.5, 0.6) is 0 Å². The summed E-state index contributed by atoms with van der Waals surface area (Å²) in [7, 11) is 0. The van der Waals surface area contributed by atoms with Crippen LogP contribution < -0.4 is 11.1 Å². The normalized spacial score (nSPS) is 41.0. The van der Waals surface area contributed by atoms with Crippen LogP contribution in [0.15, 0.2) is 0 Å². The molecule has 3 N–H and O–H groups in total. The summed E-state index contributed by atoms with van der Waals surface area (Å²) in [6.07, 6.45) is 6.58. The van der Waals surface area contributed by atoms with E-state index in [1.54, 1.807) is 0 Å². The molecular formula is C14H26N2O. The molecule has 0 heterocycles. The van der Waals surface area contributed by atoms with E-state index in [4.69, 9.17) is 5.73 Å². The van der Waals surface area contributed by atoms with Crippen LogP contribution in [0, 0.1) is 17.3 Å². The molecule has 3 nitrogen and oxygen atoms in total. The number of amides is 1. The van der Waals surface area contributed by atoms with E-state index >= 15 is 0 Å². The molecule has 17 heavy (non-hydrogen) atoms. The van der Waals surface area contributed by atoms with Gasteiger partial charge in [0.2, 0.25) is 5.91 Å². The van der Waals surface area contributed by atoms with Gasteiger partial charge in [-0.25, -0.2) is 0 Å². The third-order valence-corrected chi connectivity index (χ3v) is 4.87. The number of carbonyl (C=O) groups excluding carboxylic acids is 1. The lowest BCUT2D eigenvalue weighted by molar-refractivity contribution is -0.133. The Labute approximate surface area is 105 Å². The summed E-state index contributed by atoms with van der Waals surface area (Å²) in [5, 5.41) is 3.21. The molecular weight excluding hydrogens is 212 g/mol. The first-order valence-corrected chi connectivity index (χ1v) is 7.12. The second-order valence-corrected chi connectivity index (χ2v) is 6.15. The molecule has 2 rings (SSSR count). The van der Waals surface area contributed by atoms with E-state index in [1.165, 1.54) is 12.8 Å². The molecule has 3 heteroatoms. The molecule has 2 fully saturated rings. The molecule has 2 aliphatic rings. The maximum Gasteiger partial charge on any atom is 0.227 e. The first-order chi connectivity index (χ1) is 8.11. The minimum Gasteiger partial charge on any atom is -0.353 e. The van der Waals surface area contributed by atoms with Gasteiger partial charge < -0.3 is 11.1 Å². The number of hydrogen-bond acceptors (Lipinski definition) is 2. The van der Waals surface area contributed by atoms with Crippen LogP contribution in [-0.2, 0) is 4.79 Å². The number of hydrogen-bond donors (Lipinski definition) is 2. The molecule has 2 atom stereocenters. The van der Waals surface area contributed by atoms with Crippen LogP contribution in [0.4, 0.5) is 0 Å². The van der Waals surface area contributed by atoms with E-state index < -0.39 is 0 Å². The highest BCUT2D eigenvalue weighted by Gasteiger charge is 2.44. The number of carbonyl (C=O) groups is 1. The van der Waals surface area contributed by atoms with Crippen LogP contribution in [0.25, 0.3) is 0 Å². The van der Waals surface area contributed by atoms with Gasteiger partial charge in [0.15, 0.2) is 0 Å². The summed E-state index contributed by atoms with van der Waals surface area (Å²) in [4.78, 5) is 12.4. The average molecular weight is 238 g/mol. The van der Waals surface area contributed by atoms with E-state index in [1.807, 2.05) is 0 Å². The van der Waals surface area contributed by atoms with E-state index in [2.05, 4.69) is 19.2 Å². The molecule has 2 aliphatic carbocycles. The Bertz CT molecular complexity index is 282. The van der Waals surface area contributed by atoms with E-state index in [0.717, 1.165) is 37.5 Å². The monoisotopic (exact) mass is 238 g/mol. The molecule has 0 spiro atoms. The van der Waals surface area contributed by atoms with Crippen molar-refractivity contribution >= 4 is 5.91 Å². The third-order valence-electron chi connectivity index (χ3n) is 4.87. The van der Waals surface area contributed by atoms with Crippen molar-refractivity contribution in [1.29, 1.82) is 0 Å². The van der Waals surface area contributed by atoms with Gasteiger partial charge in [0.25, 0.3) is 0 Å². The maximum absolute atomic E-state index is 12.4. The Hall–Kier alpha value is -0.570. The van der Waals surface area contributed by atoms with Crippen LogP contribution in [0.1, 0.15) is 52.4 Å². The fourth-order valence-electron chi connectivity index (χ4n) is 3.04. The Morgan fingerprint density at radius 2 is 2.06 bits per heavy atom. The summed E-state index contributed by atoms with van der Waals surface area (Å²) in [5.41, 5.74) is 5.63. The Morgan fingerprint density at radius 1 is 1.41 bits per heavy atom. The van der Waals surface area contributed by atoms with Crippen LogP contribution in [0.3, 0.4) is 0 Å². The van der Waals surface area contributed by atoms with Crippen LogP contribution in [-0.4, -0.2) is 18.5 Å². The molecule has 2 unspecified atom stereocenters. The molecule has 0 saturated heterocycles. The number of rotatable bonds is 4. The van der Waals surface area contributed by atoms with Crippen molar-refractivity contribution < 1.29 is 4.79 Å². The molecule has 2 saturated carbocycles. The average Bonchev–Trinajstić information content (AvgIpc) is 3.09. The zero-order valence-electron chi connectivity index (χ0n) is 11.2. The van der Waals surface area contributed by atoms with Crippen molar-refractivity contribution in [2.45, 2.75) is 58.4 Å². The lowest BCUT2D eigenvalue weighted by Gasteiger charge is -2.37. The number of nitrogens with two attached hydrogens (primary N) is 1. The van der Waals surface area contributed by atoms with Crippen LogP contribution in [0.2, 0.25) is 0 Å². The van der Waals surface area contributed by atoms with Gasteiger partial charge in [-0.1, -0.05) is 20.3 Å². The Morgan fingerprint density at radius 3 is 2.53 bits per heavy atom. The number of nitrogens with one attached hydrogen (secondary N) is 1. The summed E-state index contributed by atoms with van der Waals surface area (Å²) in [5.74, 6) is 1.70. The highest BCUT2D eigenvalue weighted by Crippen LogP contribution is 2.40. The fraction of sp³-hybridized carbons (Fsp3) is 0.929. The first kappa shape index (κ1) is 12.9. The largest absolute Gasteiger partial charge is 0.353 e. The second-order valence-electron chi connectivity index (χ2n) is 6.15. The topological polar surface area (TPSA) is 55.1 Å². The summed E-state index contributed by atoms with van der Waals surface area (Å²) >= 11 is 0. The smallest absolute Gasteiger partial charge is 0.227 e. The minimum absolute atomic E-state index is 0.229. The predicted octanol–water partition coefficient (Wildman–Crippen LogP) is 2.06. The molecule has 0 bridgehead atoms. The third kappa shape index (κ3) is 2.65. The highest BCUT2D eigenvalue weighted by molar-refractivity contribution is 5.83. The summed E-state index contributed by atoms with van der Waals surface area (Å²) < 4.78 is 0. The highest BCUT2D eigenvalue weighted by atomic mass is 16.2. The molecule has 0 aliphatic heterocycles. The Kier molecular flexibility index (Phi) is 3.76. The Balaban J connectivity index is 1.91. The standard InChI is InChI=1S/C14H26N2O/c1-3-11-8-12(11)16-13(17)14(9-15)6-4-10(2)5-7-14/h10-12H,3-9,15H2,1-2H3,(H,16,17). The van der Waals surface area contributed by atoms with Gasteiger partial charge in [-0.2, -0.15) is 0 Å². The van der Waals surface area contributed by atoms with Crippen molar-refractivity contribution in [2.75, 3.05) is 6.54 Å². The lowest BCUT2D eigenvalue weighted by atomic mass is 9.70. The van der Waals surface area contributed by atoms with Crippen molar-refractivity contribution in [2.24, 2.45) is 23.0 Å². The first-order valence-electron chi connectivity index (χ1n) is 7.12. The summed E-state index contributed by atoms with van der Waals surface area (Å²) in [6.45, 7) is 4.97. The van der Waals surface area contributed by atoms with E-state index in [9.17, 15) is 4.79 Å². The van der Waals surface area contributed by atoms with Crippen molar-refractivity contribution in [3.8, 4) is 0 Å². The lowest BCUT2D eigenvalue weighted by Crippen LogP contribution is -2.48. The molecule has 98 valence electrons. The SMILES string of the molecule is CCC1CC1NC(=O)C1(CN)CCC(C)CC1. The quantitative estimate of drug-likeness (QED) is 0.787. The summed E-state index contributed by atoms with van der Waals surface area (Å²) in [6, 6.07) is 0.440. The zero-order chi connectivity index (χ0) is 12.5. The van der Waals surface area contributed by atoms with Crippen molar-refractivity contribution in [3.63, 3.8) is 0 Å². The molecule has 0 radical (unpaired) electrons. The molecule has 1 amide bonds. The van der Waals surface area contributed by atoms with Gasteiger partial charge in [0, 0.05) is 12.6 Å². The maximum atomic E-state index is 12.4. The van der Waals surface area contributed by atoms with Crippen molar-refractivity contribution in [3.05, 3.63) is 0 Å². The van der Waals surface area contributed by atoms with Gasteiger partial charge >= 0.3 is 0 Å². The van der Waals surface area contributed by atoms with Crippen LogP contribution >= 0.6 is 0 Å². The molecule has 0 aromatic heterocycles. The van der Waals surface area contributed by atoms with Crippen molar-refractivity contribution in [1.82, 2.24) is 5.32 Å². The van der Waals surface area contributed by atoms with E-state index in [-0.39, 0.29) is 11.3 Å². The van der Waals surface area contributed by atoms with Gasteiger partial charge in [0.05, 0.1) is 5.41 Å². The fourth-order valence-corrected chi connectivity index (χ4v) is 3.04. The van der Waals surface area contributed by atoms with Gasteiger partial charge in [0.1, 0.15) is 0 Å². The van der Waals surface area contributed by atoms with Gasteiger partial charge in [-0.3, -0.25) is 4.79 Å². The molecule has 0 aromatic carbocycles. The van der Waals surface area contributed by atoms with Gasteiger partial charge in [-0.15, -0.1) is 0 Å². The minimum atomic E-state index is -0.257.